The fourth-order valence-corrected chi connectivity index (χ4v) is 4.63. The summed E-state index contributed by atoms with van der Waals surface area (Å²) in [6, 6.07) is 3.47. The van der Waals surface area contributed by atoms with Crippen LogP contribution in [0.1, 0.15) is 50.1 Å². The molecule has 1 fully saturated rings. The molecule has 1 aliphatic heterocycles. The fraction of sp³-hybridized carbons (Fsp3) is 0.476. The van der Waals surface area contributed by atoms with E-state index >= 15 is 0 Å². The number of fused-ring (bicyclic) bond motifs is 1. The molecule has 0 bridgehead atoms. The molecule has 0 spiro atoms. The highest BCUT2D eigenvalue weighted by atomic mass is 32.1. The van der Waals surface area contributed by atoms with Gasteiger partial charge in [0.25, 0.3) is 5.91 Å². The Hall–Kier alpha value is -3.01. The van der Waals surface area contributed by atoms with Crippen LogP contribution < -0.4 is 11.4 Å². The lowest BCUT2D eigenvalue weighted by atomic mass is 9.99. The average Bonchev–Trinajstić information content (AvgIpc) is 3.35. The van der Waals surface area contributed by atoms with Gasteiger partial charge in [-0.05, 0) is 44.1 Å². The number of hydrogen-bond acceptors (Lipinski definition) is 6. The lowest BCUT2D eigenvalue weighted by molar-refractivity contribution is -0.133. The van der Waals surface area contributed by atoms with Crippen molar-refractivity contribution in [2.24, 2.45) is 11.7 Å². The Morgan fingerprint density at radius 3 is 2.55 bits per heavy atom. The van der Waals surface area contributed by atoms with E-state index in [-0.39, 0.29) is 29.7 Å². The number of rotatable bonds is 5. The highest BCUT2D eigenvalue weighted by Crippen LogP contribution is 2.26. The van der Waals surface area contributed by atoms with Gasteiger partial charge < -0.3 is 10.6 Å². The van der Waals surface area contributed by atoms with E-state index in [9.17, 15) is 14.4 Å². The van der Waals surface area contributed by atoms with E-state index in [4.69, 9.17) is 5.73 Å². The molecule has 0 radical (unpaired) electrons. The van der Waals surface area contributed by atoms with Crippen LogP contribution in [0, 0.1) is 5.92 Å². The standard InChI is InChI=1S/C21H26N6O3S/c1-12(2)27-20-17(16(18(22)29)23-19(24-20)14-5-4-10-31-14)26(21(27)30)11-15(28)25-8-6-13(3)7-9-25/h4-5,10,12-13H,6-9,11H2,1-3H3,(H2,22,29). The second kappa shape index (κ2) is 8.26. The van der Waals surface area contributed by atoms with E-state index in [1.54, 1.807) is 4.90 Å². The largest absolute Gasteiger partial charge is 0.364 e. The van der Waals surface area contributed by atoms with E-state index in [0.717, 1.165) is 17.7 Å². The molecule has 2 N–H and O–H groups in total. The Labute approximate surface area is 183 Å². The number of primary amides is 1. The smallest absolute Gasteiger partial charge is 0.331 e. The molecular weight excluding hydrogens is 416 g/mol. The van der Waals surface area contributed by atoms with E-state index in [1.165, 1.54) is 20.5 Å². The molecule has 4 heterocycles. The Kier molecular flexibility index (Phi) is 5.65. The molecule has 31 heavy (non-hydrogen) atoms. The first-order valence-electron chi connectivity index (χ1n) is 10.4. The van der Waals surface area contributed by atoms with Gasteiger partial charge in [-0.3, -0.25) is 18.7 Å². The maximum Gasteiger partial charge on any atom is 0.331 e. The SMILES string of the molecule is CC1CCN(C(=O)Cn2c(=O)n(C(C)C)c3nc(-c4cccs4)nc(C(N)=O)c32)CC1. The van der Waals surface area contributed by atoms with Crippen molar-refractivity contribution in [3.05, 3.63) is 33.7 Å². The summed E-state index contributed by atoms with van der Waals surface area (Å²) in [6.07, 6.45) is 1.88. The molecule has 164 valence electrons. The minimum atomic E-state index is -0.765. The molecule has 0 atom stereocenters. The van der Waals surface area contributed by atoms with Crippen LogP contribution in [0.4, 0.5) is 0 Å². The molecule has 4 rings (SSSR count). The summed E-state index contributed by atoms with van der Waals surface area (Å²) in [5.74, 6) is -0.00646. The van der Waals surface area contributed by atoms with Crippen LogP contribution in [0.15, 0.2) is 22.3 Å². The van der Waals surface area contributed by atoms with Crippen molar-refractivity contribution in [2.45, 2.75) is 46.2 Å². The molecule has 3 aromatic rings. The first-order valence-corrected chi connectivity index (χ1v) is 11.3. The second-order valence-electron chi connectivity index (χ2n) is 8.31. The first-order chi connectivity index (χ1) is 14.8. The summed E-state index contributed by atoms with van der Waals surface area (Å²) in [4.78, 5) is 50.1. The highest BCUT2D eigenvalue weighted by Gasteiger charge is 2.28. The third-order valence-electron chi connectivity index (χ3n) is 5.72. The summed E-state index contributed by atoms with van der Waals surface area (Å²) in [5, 5.41) is 1.88. The number of amides is 2. The number of aromatic nitrogens is 4. The monoisotopic (exact) mass is 442 g/mol. The number of thiophene rings is 1. The number of imidazole rings is 1. The van der Waals surface area contributed by atoms with Crippen LogP contribution >= 0.6 is 11.3 Å². The number of nitrogens with zero attached hydrogens (tertiary/aromatic N) is 5. The normalized spacial score (nSPS) is 15.2. The van der Waals surface area contributed by atoms with Crippen molar-refractivity contribution < 1.29 is 9.59 Å². The summed E-state index contributed by atoms with van der Waals surface area (Å²) in [7, 11) is 0. The van der Waals surface area contributed by atoms with Gasteiger partial charge in [-0.25, -0.2) is 14.8 Å². The van der Waals surface area contributed by atoms with E-state index < -0.39 is 11.6 Å². The van der Waals surface area contributed by atoms with Crippen molar-refractivity contribution in [1.82, 2.24) is 24.0 Å². The van der Waals surface area contributed by atoms with Gasteiger partial charge in [0, 0.05) is 19.1 Å². The zero-order valence-corrected chi connectivity index (χ0v) is 18.7. The van der Waals surface area contributed by atoms with Crippen molar-refractivity contribution in [3.8, 4) is 10.7 Å². The van der Waals surface area contributed by atoms with Crippen LogP contribution in [0.2, 0.25) is 0 Å². The molecule has 0 unspecified atom stereocenters. The third-order valence-corrected chi connectivity index (χ3v) is 6.59. The predicted octanol–water partition coefficient (Wildman–Crippen LogP) is 2.26. The van der Waals surface area contributed by atoms with Gasteiger partial charge in [0.15, 0.2) is 17.2 Å². The van der Waals surface area contributed by atoms with Crippen molar-refractivity contribution in [1.29, 1.82) is 0 Å². The zero-order chi connectivity index (χ0) is 22.3. The molecular formula is C21H26N6O3S. The van der Waals surface area contributed by atoms with E-state index in [2.05, 4.69) is 16.9 Å². The molecule has 1 aliphatic rings. The van der Waals surface area contributed by atoms with Gasteiger partial charge >= 0.3 is 5.69 Å². The number of carbonyl (C=O) groups excluding carboxylic acids is 2. The fourth-order valence-electron chi connectivity index (χ4n) is 3.97. The molecule has 0 aliphatic carbocycles. The number of likely N-dealkylation sites (tertiary alicyclic amines) is 1. The number of nitrogens with two attached hydrogens (primary N) is 1. The highest BCUT2D eigenvalue weighted by molar-refractivity contribution is 7.13. The van der Waals surface area contributed by atoms with Gasteiger partial charge in [-0.1, -0.05) is 13.0 Å². The Morgan fingerprint density at radius 1 is 1.26 bits per heavy atom. The summed E-state index contributed by atoms with van der Waals surface area (Å²) < 4.78 is 2.79. The maximum absolute atomic E-state index is 13.3. The average molecular weight is 443 g/mol. The molecule has 1 saturated heterocycles. The number of hydrogen-bond donors (Lipinski definition) is 1. The van der Waals surface area contributed by atoms with E-state index in [0.29, 0.717) is 30.5 Å². The Balaban J connectivity index is 1.87. The quantitative estimate of drug-likeness (QED) is 0.651. The van der Waals surface area contributed by atoms with Crippen molar-refractivity contribution in [2.75, 3.05) is 13.1 Å². The van der Waals surface area contributed by atoms with Gasteiger partial charge in [-0.15, -0.1) is 11.3 Å². The minimum absolute atomic E-state index is 0.0510. The predicted molar refractivity (Wildman–Crippen MR) is 119 cm³/mol. The number of carbonyl (C=O) groups is 2. The van der Waals surface area contributed by atoms with Gasteiger partial charge in [-0.2, -0.15) is 0 Å². The van der Waals surface area contributed by atoms with Crippen molar-refractivity contribution >= 4 is 34.3 Å². The lowest BCUT2D eigenvalue weighted by Crippen LogP contribution is -2.41. The Morgan fingerprint density at radius 2 is 1.97 bits per heavy atom. The molecule has 0 saturated carbocycles. The topological polar surface area (TPSA) is 116 Å². The summed E-state index contributed by atoms with van der Waals surface area (Å²) in [6.45, 7) is 7.04. The van der Waals surface area contributed by atoms with Gasteiger partial charge in [0.1, 0.15) is 12.1 Å². The van der Waals surface area contributed by atoms with E-state index in [1.807, 2.05) is 31.4 Å². The lowest BCUT2D eigenvalue weighted by Gasteiger charge is -2.30. The number of piperidine rings is 1. The van der Waals surface area contributed by atoms with Crippen LogP contribution in [0.5, 0.6) is 0 Å². The molecule has 9 nitrogen and oxygen atoms in total. The maximum atomic E-state index is 13.3. The Bertz CT molecular complexity index is 1190. The van der Waals surface area contributed by atoms with Crippen LogP contribution in [0.3, 0.4) is 0 Å². The molecule has 0 aromatic carbocycles. The summed E-state index contributed by atoms with van der Waals surface area (Å²) in [5.41, 5.74) is 5.72. The minimum Gasteiger partial charge on any atom is -0.364 e. The molecule has 10 heteroatoms. The second-order valence-corrected chi connectivity index (χ2v) is 9.25. The van der Waals surface area contributed by atoms with Crippen LogP contribution in [-0.2, 0) is 11.3 Å². The summed E-state index contributed by atoms with van der Waals surface area (Å²) >= 11 is 1.43. The van der Waals surface area contributed by atoms with Crippen molar-refractivity contribution in [3.63, 3.8) is 0 Å². The molecule has 2 amide bonds. The zero-order valence-electron chi connectivity index (χ0n) is 17.9. The van der Waals surface area contributed by atoms with Crippen LogP contribution in [0.25, 0.3) is 21.9 Å². The van der Waals surface area contributed by atoms with Gasteiger partial charge in [0.2, 0.25) is 5.91 Å². The third kappa shape index (κ3) is 3.87. The first kappa shape index (κ1) is 21.2. The van der Waals surface area contributed by atoms with Crippen LogP contribution in [-0.4, -0.2) is 48.9 Å². The van der Waals surface area contributed by atoms with Gasteiger partial charge in [0.05, 0.1) is 4.88 Å². The molecule has 3 aromatic heterocycles.